The number of benzene rings is 2. The highest BCUT2D eigenvalue weighted by atomic mass is 32.2. The summed E-state index contributed by atoms with van der Waals surface area (Å²) in [4.78, 5) is 0.385. The quantitative estimate of drug-likeness (QED) is 0.849. The van der Waals surface area contributed by atoms with E-state index in [9.17, 15) is 8.42 Å². The first kappa shape index (κ1) is 14.3. The molecule has 0 amide bonds. The van der Waals surface area contributed by atoms with E-state index in [1.54, 1.807) is 16.4 Å². The molecule has 0 unspecified atom stereocenters. The Labute approximate surface area is 126 Å². The molecule has 2 aromatic carbocycles. The molecule has 4 heteroatoms. The predicted molar refractivity (Wildman–Crippen MR) is 83.4 cm³/mol. The van der Waals surface area contributed by atoms with Crippen molar-refractivity contribution < 1.29 is 8.42 Å². The molecule has 0 spiro atoms. The van der Waals surface area contributed by atoms with Gasteiger partial charge < -0.3 is 0 Å². The largest absolute Gasteiger partial charge is 0.243 e. The predicted octanol–water partition coefficient (Wildman–Crippen LogP) is 3.35. The van der Waals surface area contributed by atoms with Gasteiger partial charge in [-0.15, -0.1) is 0 Å². The van der Waals surface area contributed by atoms with Crippen molar-refractivity contribution in [3.8, 4) is 0 Å². The van der Waals surface area contributed by atoms with Crippen molar-refractivity contribution in [2.45, 2.75) is 37.2 Å². The average molecular weight is 301 g/mol. The van der Waals surface area contributed by atoms with Crippen LogP contribution in [0.25, 0.3) is 0 Å². The van der Waals surface area contributed by atoms with Gasteiger partial charge in [0.25, 0.3) is 0 Å². The highest BCUT2D eigenvalue weighted by Crippen LogP contribution is 2.33. The van der Waals surface area contributed by atoms with E-state index in [0.29, 0.717) is 11.4 Å². The molecule has 1 fully saturated rings. The lowest BCUT2D eigenvalue weighted by atomic mass is 10.2. The van der Waals surface area contributed by atoms with E-state index >= 15 is 0 Å². The van der Waals surface area contributed by atoms with Gasteiger partial charge in [-0.1, -0.05) is 48.0 Å². The van der Waals surface area contributed by atoms with E-state index in [1.165, 1.54) is 0 Å². The first-order chi connectivity index (χ1) is 10.1. The fourth-order valence-electron chi connectivity index (χ4n) is 2.38. The fourth-order valence-corrected chi connectivity index (χ4v) is 4.06. The van der Waals surface area contributed by atoms with Crippen LogP contribution in [0.4, 0.5) is 0 Å². The van der Waals surface area contributed by atoms with Gasteiger partial charge >= 0.3 is 0 Å². The van der Waals surface area contributed by atoms with Crippen molar-refractivity contribution in [3.05, 3.63) is 65.7 Å². The van der Waals surface area contributed by atoms with Crippen molar-refractivity contribution in [2.75, 3.05) is 0 Å². The number of sulfonamides is 1. The smallest absolute Gasteiger partial charge is 0.207 e. The summed E-state index contributed by atoms with van der Waals surface area (Å²) in [5.41, 5.74) is 2.09. The van der Waals surface area contributed by atoms with Gasteiger partial charge in [-0.3, -0.25) is 0 Å². The van der Waals surface area contributed by atoms with Crippen LogP contribution in [-0.4, -0.2) is 18.8 Å². The maximum absolute atomic E-state index is 12.9. The van der Waals surface area contributed by atoms with Gasteiger partial charge in [0.05, 0.1) is 4.90 Å². The molecule has 0 heterocycles. The minimum absolute atomic E-state index is 0.150. The molecular formula is C17H19NO2S. The van der Waals surface area contributed by atoms with Crippen LogP contribution in [0.15, 0.2) is 59.5 Å². The maximum Gasteiger partial charge on any atom is 0.243 e. The Balaban J connectivity index is 1.91. The van der Waals surface area contributed by atoms with Crippen molar-refractivity contribution in [2.24, 2.45) is 0 Å². The molecule has 0 atom stereocenters. The normalized spacial score (nSPS) is 15.3. The third kappa shape index (κ3) is 3.17. The van der Waals surface area contributed by atoms with Crippen LogP contribution in [0.5, 0.6) is 0 Å². The molecule has 0 aliphatic heterocycles. The maximum atomic E-state index is 12.9. The fraction of sp³-hybridized carbons (Fsp3) is 0.294. The molecule has 0 radical (unpaired) electrons. The van der Waals surface area contributed by atoms with E-state index in [4.69, 9.17) is 0 Å². The molecule has 0 saturated heterocycles. The number of hydrogen-bond donors (Lipinski definition) is 0. The second-order valence-corrected chi connectivity index (χ2v) is 7.47. The van der Waals surface area contributed by atoms with Gasteiger partial charge in [0.15, 0.2) is 0 Å². The lowest BCUT2D eigenvalue weighted by Crippen LogP contribution is -2.32. The van der Waals surface area contributed by atoms with E-state index in [-0.39, 0.29) is 6.04 Å². The summed E-state index contributed by atoms with van der Waals surface area (Å²) in [5.74, 6) is 0. The van der Waals surface area contributed by atoms with E-state index in [2.05, 4.69) is 0 Å². The lowest BCUT2D eigenvalue weighted by molar-refractivity contribution is 0.398. The highest BCUT2D eigenvalue weighted by molar-refractivity contribution is 7.89. The summed E-state index contributed by atoms with van der Waals surface area (Å²) < 4.78 is 27.4. The molecule has 1 aliphatic rings. The molecule has 3 rings (SSSR count). The topological polar surface area (TPSA) is 37.4 Å². The third-order valence-electron chi connectivity index (χ3n) is 3.76. The van der Waals surface area contributed by atoms with E-state index < -0.39 is 10.0 Å². The third-order valence-corrected chi connectivity index (χ3v) is 5.68. The van der Waals surface area contributed by atoms with Gasteiger partial charge in [-0.25, -0.2) is 8.42 Å². The van der Waals surface area contributed by atoms with Crippen molar-refractivity contribution in [1.29, 1.82) is 0 Å². The first-order valence-corrected chi connectivity index (χ1v) is 8.64. The minimum Gasteiger partial charge on any atom is -0.207 e. The minimum atomic E-state index is -3.42. The summed E-state index contributed by atoms with van der Waals surface area (Å²) >= 11 is 0. The molecule has 2 aromatic rings. The monoisotopic (exact) mass is 301 g/mol. The molecule has 0 aromatic heterocycles. The Morgan fingerprint density at radius 1 is 1.00 bits per heavy atom. The van der Waals surface area contributed by atoms with E-state index in [1.807, 2.05) is 49.4 Å². The second kappa shape index (κ2) is 5.62. The zero-order valence-electron chi connectivity index (χ0n) is 12.1. The van der Waals surface area contributed by atoms with Crippen molar-refractivity contribution >= 4 is 10.0 Å². The number of nitrogens with zero attached hydrogens (tertiary/aromatic N) is 1. The Morgan fingerprint density at radius 3 is 2.19 bits per heavy atom. The molecule has 0 N–H and O–H groups in total. The summed E-state index contributed by atoms with van der Waals surface area (Å²) in [5, 5.41) is 0. The second-order valence-electron chi connectivity index (χ2n) is 5.58. The average Bonchev–Trinajstić information content (AvgIpc) is 3.31. The SMILES string of the molecule is Cc1ccc(S(=O)(=O)N(Cc2ccccc2)C2CC2)cc1. The number of hydrogen-bond acceptors (Lipinski definition) is 2. The molecule has 110 valence electrons. The summed E-state index contributed by atoms with van der Waals surface area (Å²) in [6, 6.07) is 17.0. The number of aryl methyl sites for hydroxylation is 1. The van der Waals surface area contributed by atoms with Gasteiger partial charge in [0.2, 0.25) is 10.0 Å². The molecule has 21 heavy (non-hydrogen) atoms. The Bertz CT molecular complexity index is 704. The van der Waals surface area contributed by atoms with Gasteiger partial charge in [0, 0.05) is 12.6 Å². The highest BCUT2D eigenvalue weighted by Gasteiger charge is 2.37. The van der Waals surface area contributed by atoms with Crippen LogP contribution < -0.4 is 0 Å². The number of rotatable bonds is 5. The van der Waals surface area contributed by atoms with Crippen LogP contribution in [0.2, 0.25) is 0 Å². The Morgan fingerprint density at radius 2 is 1.62 bits per heavy atom. The van der Waals surface area contributed by atoms with E-state index in [0.717, 1.165) is 24.0 Å². The van der Waals surface area contributed by atoms with Crippen LogP contribution in [-0.2, 0) is 16.6 Å². The Kier molecular flexibility index (Phi) is 3.83. The zero-order valence-corrected chi connectivity index (χ0v) is 12.9. The molecule has 0 bridgehead atoms. The summed E-state index contributed by atoms with van der Waals surface area (Å²) in [6.45, 7) is 2.40. The van der Waals surface area contributed by atoms with Crippen LogP contribution in [0.1, 0.15) is 24.0 Å². The molecule has 3 nitrogen and oxygen atoms in total. The van der Waals surface area contributed by atoms with Gasteiger partial charge in [-0.05, 0) is 37.5 Å². The van der Waals surface area contributed by atoms with Crippen LogP contribution >= 0.6 is 0 Å². The first-order valence-electron chi connectivity index (χ1n) is 7.20. The molecule has 1 saturated carbocycles. The lowest BCUT2D eigenvalue weighted by Gasteiger charge is -2.22. The Hall–Kier alpha value is -1.65. The van der Waals surface area contributed by atoms with Crippen molar-refractivity contribution in [1.82, 2.24) is 4.31 Å². The standard InChI is InChI=1S/C17H19NO2S/c1-14-7-11-17(12-8-14)21(19,20)18(16-9-10-16)13-15-5-3-2-4-6-15/h2-8,11-12,16H,9-10,13H2,1H3. The van der Waals surface area contributed by atoms with Gasteiger partial charge in [-0.2, -0.15) is 4.31 Å². The summed E-state index contributed by atoms with van der Waals surface area (Å²) in [7, 11) is -3.42. The van der Waals surface area contributed by atoms with Crippen LogP contribution in [0.3, 0.4) is 0 Å². The van der Waals surface area contributed by atoms with Crippen LogP contribution in [0, 0.1) is 6.92 Å². The van der Waals surface area contributed by atoms with Gasteiger partial charge in [0.1, 0.15) is 0 Å². The molecular weight excluding hydrogens is 282 g/mol. The summed E-state index contributed by atoms with van der Waals surface area (Å²) in [6.07, 6.45) is 1.91. The van der Waals surface area contributed by atoms with Crippen molar-refractivity contribution in [3.63, 3.8) is 0 Å². The zero-order chi connectivity index (χ0) is 14.9. The molecule has 1 aliphatic carbocycles.